The van der Waals surface area contributed by atoms with Crippen molar-refractivity contribution in [1.29, 1.82) is 0 Å². The van der Waals surface area contributed by atoms with Crippen LogP contribution in [0.5, 0.6) is 11.5 Å². The Bertz CT molecular complexity index is 295. The fraction of sp³-hybridized carbons (Fsp3) is 0.538. The maximum atomic E-state index is 5.70. The molecule has 1 rings (SSSR count). The van der Waals surface area contributed by atoms with Crippen molar-refractivity contribution in [2.24, 2.45) is 5.92 Å². The van der Waals surface area contributed by atoms with E-state index in [1.807, 2.05) is 31.3 Å². The van der Waals surface area contributed by atoms with Gasteiger partial charge in [0.2, 0.25) is 0 Å². The third-order valence-electron chi connectivity index (χ3n) is 2.66. The molecular formula is C13H21NO2. The van der Waals surface area contributed by atoms with Gasteiger partial charge in [0, 0.05) is 6.04 Å². The molecule has 3 heteroatoms. The molecule has 0 saturated heterocycles. The van der Waals surface area contributed by atoms with Gasteiger partial charge in [-0.3, -0.25) is 0 Å². The molecule has 1 aromatic carbocycles. The number of nitrogens with one attached hydrogen (secondary N) is 1. The first-order valence-corrected chi connectivity index (χ1v) is 5.61. The van der Waals surface area contributed by atoms with Crippen LogP contribution in [0.15, 0.2) is 24.3 Å². The lowest BCUT2D eigenvalue weighted by Crippen LogP contribution is -2.36. The lowest BCUT2D eigenvalue weighted by atomic mass is 10.1. The molecule has 0 bridgehead atoms. The van der Waals surface area contributed by atoms with Crippen molar-refractivity contribution in [3.8, 4) is 11.5 Å². The monoisotopic (exact) mass is 223 g/mol. The Morgan fingerprint density at radius 3 is 2.12 bits per heavy atom. The lowest BCUT2D eigenvalue weighted by Gasteiger charge is -2.20. The first kappa shape index (κ1) is 12.8. The summed E-state index contributed by atoms with van der Waals surface area (Å²) in [6.07, 6.45) is 0. The van der Waals surface area contributed by atoms with Gasteiger partial charge in [0.25, 0.3) is 0 Å². The zero-order valence-corrected chi connectivity index (χ0v) is 10.5. The van der Waals surface area contributed by atoms with Gasteiger partial charge in [-0.05, 0) is 37.2 Å². The summed E-state index contributed by atoms with van der Waals surface area (Å²) in [6, 6.07) is 8.03. The van der Waals surface area contributed by atoms with E-state index in [-0.39, 0.29) is 0 Å². The summed E-state index contributed by atoms with van der Waals surface area (Å²) in [4.78, 5) is 0. The normalized spacial score (nSPS) is 12.6. The number of likely N-dealkylation sites (N-methyl/N-ethyl adjacent to an activating group) is 1. The molecular weight excluding hydrogens is 202 g/mol. The molecule has 0 spiro atoms. The highest BCUT2D eigenvalue weighted by atomic mass is 16.5. The second-order valence-electron chi connectivity index (χ2n) is 4.13. The Kier molecular flexibility index (Phi) is 5.12. The highest BCUT2D eigenvalue weighted by Gasteiger charge is 2.11. The van der Waals surface area contributed by atoms with Crippen molar-refractivity contribution in [2.75, 3.05) is 20.8 Å². The Labute approximate surface area is 97.8 Å². The van der Waals surface area contributed by atoms with Crippen molar-refractivity contribution < 1.29 is 9.47 Å². The molecule has 90 valence electrons. The highest BCUT2D eigenvalue weighted by molar-refractivity contribution is 5.31. The molecule has 16 heavy (non-hydrogen) atoms. The number of hydrogen-bond acceptors (Lipinski definition) is 3. The van der Waals surface area contributed by atoms with Crippen LogP contribution in [0.2, 0.25) is 0 Å². The van der Waals surface area contributed by atoms with Crippen LogP contribution in [0.25, 0.3) is 0 Å². The maximum Gasteiger partial charge on any atom is 0.119 e. The van der Waals surface area contributed by atoms with Crippen LogP contribution in [0, 0.1) is 5.92 Å². The number of methoxy groups -OCH3 is 1. The topological polar surface area (TPSA) is 30.5 Å². The van der Waals surface area contributed by atoms with Crippen LogP contribution in [-0.2, 0) is 0 Å². The van der Waals surface area contributed by atoms with Gasteiger partial charge in [-0.15, -0.1) is 0 Å². The quantitative estimate of drug-likeness (QED) is 0.803. The summed E-state index contributed by atoms with van der Waals surface area (Å²) >= 11 is 0. The van der Waals surface area contributed by atoms with Crippen molar-refractivity contribution >= 4 is 0 Å². The van der Waals surface area contributed by atoms with Crippen LogP contribution in [0.3, 0.4) is 0 Å². The third-order valence-corrected chi connectivity index (χ3v) is 2.66. The van der Waals surface area contributed by atoms with Gasteiger partial charge in [0.1, 0.15) is 18.1 Å². The summed E-state index contributed by atoms with van der Waals surface area (Å²) in [7, 11) is 3.62. The third kappa shape index (κ3) is 3.74. The molecule has 1 unspecified atom stereocenters. The van der Waals surface area contributed by atoms with E-state index in [0.717, 1.165) is 11.5 Å². The minimum atomic E-state index is 0.377. The summed E-state index contributed by atoms with van der Waals surface area (Å²) in [5.74, 6) is 2.28. The number of ether oxygens (including phenoxy) is 2. The van der Waals surface area contributed by atoms with Crippen LogP contribution >= 0.6 is 0 Å². The van der Waals surface area contributed by atoms with Crippen molar-refractivity contribution in [1.82, 2.24) is 5.32 Å². The maximum absolute atomic E-state index is 5.70. The molecule has 0 heterocycles. The minimum Gasteiger partial charge on any atom is -0.497 e. The Morgan fingerprint density at radius 2 is 1.69 bits per heavy atom. The number of benzene rings is 1. The van der Waals surface area contributed by atoms with E-state index in [1.165, 1.54) is 0 Å². The fourth-order valence-corrected chi connectivity index (χ4v) is 1.47. The van der Waals surface area contributed by atoms with E-state index in [9.17, 15) is 0 Å². The minimum absolute atomic E-state index is 0.377. The molecule has 0 radical (unpaired) electrons. The smallest absolute Gasteiger partial charge is 0.119 e. The van der Waals surface area contributed by atoms with E-state index in [4.69, 9.17) is 9.47 Å². The van der Waals surface area contributed by atoms with E-state index in [2.05, 4.69) is 19.2 Å². The summed E-state index contributed by atoms with van der Waals surface area (Å²) in [5, 5.41) is 3.24. The first-order valence-electron chi connectivity index (χ1n) is 5.61. The van der Waals surface area contributed by atoms with Crippen molar-refractivity contribution in [3.63, 3.8) is 0 Å². The number of hydrogen-bond donors (Lipinski definition) is 1. The summed E-state index contributed by atoms with van der Waals surface area (Å²) < 4.78 is 10.8. The van der Waals surface area contributed by atoms with Gasteiger partial charge in [0.15, 0.2) is 0 Å². The van der Waals surface area contributed by atoms with Crippen molar-refractivity contribution in [2.45, 2.75) is 19.9 Å². The predicted molar refractivity (Wildman–Crippen MR) is 66.2 cm³/mol. The molecule has 0 aliphatic rings. The zero-order chi connectivity index (χ0) is 12.0. The molecule has 3 nitrogen and oxygen atoms in total. The van der Waals surface area contributed by atoms with Crippen LogP contribution < -0.4 is 14.8 Å². The first-order chi connectivity index (χ1) is 7.67. The Hall–Kier alpha value is -1.22. The van der Waals surface area contributed by atoms with Crippen LogP contribution in [0.1, 0.15) is 13.8 Å². The van der Waals surface area contributed by atoms with Gasteiger partial charge < -0.3 is 14.8 Å². The average Bonchev–Trinajstić information content (AvgIpc) is 2.30. The van der Waals surface area contributed by atoms with Gasteiger partial charge in [-0.1, -0.05) is 13.8 Å². The SMILES string of the molecule is CNC(COc1ccc(OC)cc1)C(C)C. The molecule has 1 aromatic rings. The van der Waals surface area contributed by atoms with Gasteiger partial charge in [-0.25, -0.2) is 0 Å². The van der Waals surface area contributed by atoms with E-state index in [1.54, 1.807) is 7.11 Å². The van der Waals surface area contributed by atoms with E-state index >= 15 is 0 Å². The van der Waals surface area contributed by atoms with Crippen LogP contribution in [-0.4, -0.2) is 26.8 Å². The Balaban J connectivity index is 2.47. The van der Waals surface area contributed by atoms with Gasteiger partial charge >= 0.3 is 0 Å². The summed E-state index contributed by atoms with van der Waals surface area (Å²) in [5.41, 5.74) is 0. The standard InChI is InChI=1S/C13H21NO2/c1-10(2)13(14-3)9-16-12-7-5-11(15-4)6-8-12/h5-8,10,13-14H,9H2,1-4H3. The molecule has 0 fully saturated rings. The Morgan fingerprint density at radius 1 is 1.12 bits per heavy atom. The second-order valence-corrected chi connectivity index (χ2v) is 4.13. The molecule has 0 saturated carbocycles. The lowest BCUT2D eigenvalue weighted by molar-refractivity contribution is 0.237. The number of rotatable bonds is 6. The van der Waals surface area contributed by atoms with Gasteiger partial charge in [0.05, 0.1) is 7.11 Å². The van der Waals surface area contributed by atoms with E-state index in [0.29, 0.717) is 18.6 Å². The van der Waals surface area contributed by atoms with E-state index < -0.39 is 0 Å². The molecule has 0 aliphatic heterocycles. The largest absolute Gasteiger partial charge is 0.497 e. The summed E-state index contributed by atoms with van der Waals surface area (Å²) in [6.45, 7) is 5.04. The van der Waals surface area contributed by atoms with Crippen LogP contribution in [0.4, 0.5) is 0 Å². The molecule has 1 N–H and O–H groups in total. The van der Waals surface area contributed by atoms with Gasteiger partial charge in [-0.2, -0.15) is 0 Å². The molecule has 1 atom stereocenters. The molecule has 0 amide bonds. The van der Waals surface area contributed by atoms with Crippen molar-refractivity contribution in [3.05, 3.63) is 24.3 Å². The average molecular weight is 223 g/mol. The second kappa shape index (κ2) is 6.38. The molecule has 0 aromatic heterocycles. The predicted octanol–water partition coefficient (Wildman–Crippen LogP) is 2.32. The fourth-order valence-electron chi connectivity index (χ4n) is 1.47. The molecule has 0 aliphatic carbocycles. The highest BCUT2D eigenvalue weighted by Crippen LogP contribution is 2.17. The zero-order valence-electron chi connectivity index (χ0n) is 10.5.